The number of rotatable bonds is 7. The maximum atomic E-state index is 12.4. The van der Waals surface area contributed by atoms with Gasteiger partial charge in [-0.25, -0.2) is 9.78 Å². The number of nitrogens with one attached hydrogen (secondary N) is 2. The van der Waals surface area contributed by atoms with E-state index in [0.717, 1.165) is 59.7 Å². The molecule has 1 saturated heterocycles. The number of likely N-dealkylation sites (tertiary alicyclic amines) is 1. The summed E-state index contributed by atoms with van der Waals surface area (Å²) in [7, 11) is 0. The molecule has 1 aromatic carbocycles. The van der Waals surface area contributed by atoms with E-state index in [1.165, 1.54) is 19.4 Å². The maximum absolute atomic E-state index is 12.4. The first-order chi connectivity index (χ1) is 18.8. The standard InChI is InChI=1S/C28H32F3N7O/c29-28(30,31)17-32-27(39)35-22-2-1-3-24(13-22)37-18-33-25-12-20(6-7-26(25)37)21-14-34-38(16-21)23-8-10-36(11-9-23)15-19-4-5-19/h1,3,6-7,12-14,16,18-19,22-23H,2,4-5,8-11,15,17H2,(H2,32,35,39). The number of hydrogen-bond donors (Lipinski definition) is 2. The number of imidazole rings is 1. The molecule has 2 aromatic heterocycles. The molecule has 0 radical (unpaired) electrons. The third-order valence-electron chi connectivity index (χ3n) is 7.72. The van der Waals surface area contributed by atoms with E-state index in [1.807, 2.05) is 52.5 Å². The van der Waals surface area contributed by atoms with Crippen LogP contribution in [0.2, 0.25) is 0 Å². The fourth-order valence-corrected chi connectivity index (χ4v) is 5.44. The van der Waals surface area contributed by atoms with Crippen LogP contribution in [0, 0.1) is 5.92 Å². The summed E-state index contributed by atoms with van der Waals surface area (Å²) >= 11 is 0. The SMILES string of the molecule is O=C(NCC(F)(F)F)NC1C=C(n2cnc3cc(-c4cnn(C5CCN(CC6CC6)CC5)c4)ccc32)C=CC1. The molecular weight excluding hydrogens is 507 g/mol. The lowest BCUT2D eigenvalue weighted by Gasteiger charge is -2.32. The largest absolute Gasteiger partial charge is 0.405 e. The molecule has 2 N–H and O–H groups in total. The topological polar surface area (TPSA) is 80.0 Å². The molecule has 2 fully saturated rings. The highest BCUT2D eigenvalue weighted by Gasteiger charge is 2.29. The quantitative estimate of drug-likeness (QED) is 0.444. The molecule has 2 aliphatic carbocycles. The number of amides is 2. The number of piperidine rings is 1. The van der Waals surface area contributed by atoms with Crippen molar-refractivity contribution in [2.45, 2.75) is 50.4 Å². The van der Waals surface area contributed by atoms with Gasteiger partial charge in [-0.15, -0.1) is 0 Å². The van der Waals surface area contributed by atoms with E-state index >= 15 is 0 Å². The Morgan fingerprint density at radius 2 is 1.92 bits per heavy atom. The zero-order valence-electron chi connectivity index (χ0n) is 21.6. The van der Waals surface area contributed by atoms with Crippen LogP contribution in [0.4, 0.5) is 18.0 Å². The van der Waals surface area contributed by atoms with Gasteiger partial charge < -0.3 is 15.5 Å². The molecule has 3 aliphatic rings. The smallest absolute Gasteiger partial charge is 0.332 e. The van der Waals surface area contributed by atoms with Gasteiger partial charge in [0.05, 0.1) is 29.3 Å². The number of carbonyl (C=O) groups is 1. The van der Waals surface area contributed by atoms with Crippen molar-refractivity contribution >= 4 is 22.8 Å². The van der Waals surface area contributed by atoms with E-state index in [2.05, 4.69) is 31.2 Å². The second kappa shape index (κ2) is 10.5. The molecule has 1 unspecified atom stereocenters. The average Bonchev–Trinajstić information content (AvgIpc) is 3.42. The molecule has 2 amide bonds. The summed E-state index contributed by atoms with van der Waals surface area (Å²) < 4.78 is 41.2. The van der Waals surface area contributed by atoms with Crippen LogP contribution in [0.15, 0.2) is 55.1 Å². The Morgan fingerprint density at radius 1 is 1.10 bits per heavy atom. The molecule has 206 valence electrons. The van der Waals surface area contributed by atoms with Crippen LogP contribution < -0.4 is 10.6 Å². The van der Waals surface area contributed by atoms with Crippen molar-refractivity contribution in [1.82, 2.24) is 34.9 Å². The Bertz CT molecular complexity index is 1390. The minimum atomic E-state index is -4.45. The first-order valence-corrected chi connectivity index (χ1v) is 13.5. The van der Waals surface area contributed by atoms with Gasteiger partial charge in [-0.3, -0.25) is 9.25 Å². The number of allylic oxidation sites excluding steroid dienone is 2. The van der Waals surface area contributed by atoms with Crippen molar-refractivity contribution in [1.29, 1.82) is 0 Å². The van der Waals surface area contributed by atoms with Crippen molar-refractivity contribution in [2.75, 3.05) is 26.2 Å². The Hall–Kier alpha value is -3.60. The van der Waals surface area contributed by atoms with E-state index in [9.17, 15) is 18.0 Å². The van der Waals surface area contributed by atoms with Gasteiger partial charge in [-0.1, -0.05) is 12.1 Å². The number of nitrogens with zero attached hydrogens (tertiary/aromatic N) is 5. The van der Waals surface area contributed by atoms with Gasteiger partial charge >= 0.3 is 12.2 Å². The van der Waals surface area contributed by atoms with Crippen LogP contribution in [-0.4, -0.2) is 68.7 Å². The third kappa shape index (κ3) is 6.19. The zero-order valence-corrected chi connectivity index (χ0v) is 21.6. The van der Waals surface area contributed by atoms with Gasteiger partial charge in [-0.05, 0) is 67.9 Å². The van der Waals surface area contributed by atoms with Gasteiger partial charge in [-0.2, -0.15) is 18.3 Å². The van der Waals surface area contributed by atoms with E-state index in [4.69, 9.17) is 0 Å². The summed E-state index contributed by atoms with van der Waals surface area (Å²) in [6.07, 6.45) is 12.5. The highest BCUT2D eigenvalue weighted by molar-refractivity contribution is 5.85. The van der Waals surface area contributed by atoms with Crippen molar-refractivity contribution in [2.24, 2.45) is 5.92 Å². The molecule has 1 atom stereocenters. The molecule has 3 heterocycles. The summed E-state index contributed by atoms with van der Waals surface area (Å²) in [4.78, 5) is 19.1. The summed E-state index contributed by atoms with van der Waals surface area (Å²) in [6.45, 7) is 2.16. The van der Waals surface area contributed by atoms with Gasteiger partial charge in [0.1, 0.15) is 12.9 Å². The molecular formula is C28H32F3N7O. The summed E-state index contributed by atoms with van der Waals surface area (Å²) in [5, 5.41) is 9.11. The number of alkyl halides is 3. The second-order valence-electron chi connectivity index (χ2n) is 10.8. The van der Waals surface area contributed by atoms with Crippen LogP contribution >= 0.6 is 0 Å². The predicted octanol–water partition coefficient (Wildman–Crippen LogP) is 4.98. The number of aromatic nitrogens is 4. The lowest BCUT2D eigenvalue weighted by molar-refractivity contribution is -0.122. The molecule has 0 bridgehead atoms. The predicted molar refractivity (Wildman–Crippen MR) is 143 cm³/mol. The normalized spacial score (nSPS) is 20.8. The highest BCUT2D eigenvalue weighted by atomic mass is 19.4. The molecule has 39 heavy (non-hydrogen) atoms. The van der Waals surface area contributed by atoms with Crippen molar-refractivity contribution < 1.29 is 18.0 Å². The molecule has 11 heteroatoms. The minimum absolute atomic E-state index is 0.429. The van der Waals surface area contributed by atoms with Gasteiger partial charge in [0.25, 0.3) is 0 Å². The van der Waals surface area contributed by atoms with Crippen molar-refractivity contribution in [3.8, 4) is 11.1 Å². The van der Waals surface area contributed by atoms with Crippen LogP contribution in [0.1, 0.15) is 38.1 Å². The van der Waals surface area contributed by atoms with Crippen molar-refractivity contribution in [3.05, 3.63) is 55.1 Å². The van der Waals surface area contributed by atoms with Crippen LogP contribution in [0.5, 0.6) is 0 Å². The first-order valence-electron chi connectivity index (χ1n) is 13.5. The lowest BCUT2D eigenvalue weighted by Crippen LogP contribution is -2.44. The summed E-state index contributed by atoms with van der Waals surface area (Å²) in [6, 6.07) is 5.24. The van der Waals surface area contributed by atoms with E-state index < -0.39 is 24.8 Å². The molecule has 1 aliphatic heterocycles. The molecule has 6 rings (SSSR count). The lowest BCUT2D eigenvalue weighted by atomic mass is 10.0. The Balaban J connectivity index is 1.12. The fourth-order valence-electron chi connectivity index (χ4n) is 5.44. The third-order valence-corrected chi connectivity index (χ3v) is 7.72. The molecule has 0 spiro atoms. The summed E-state index contributed by atoms with van der Waals surface area (Å²) in [5.41, 5.74) is 4.60. The number of carbonyl (C=O) groups excluding carboxylic acids is 1. The van der Waals surface area contributed by atoms with E-state index in [-0.39, 0.29) is 0 Å². The van der Waals surface area contributed by atoms with Gasteiger partial charge in [0, 0.05) is 37.1 Å². The number of fused-ring (bicyclic) bond motifs is 1. The van der Waals surface area contributed by atoms with Gasteiger partial charge in [0.15, 0.2) is 0 Å². The molecule has 3 aromatic rings. The molecule has 8 nitrogen and oxygen atoms in total. The Labute approximate surface area is 224 Å². The van der Waals surface area contributed by atoms with Crippen LogP contribution in [-0.2, 0) is 0 Å². The first kappa shape index (κ1) is 25.7. The fraction of sp³-hybridized carbons (Fsp3) is 0.464. The van der Waals surface area contributed by atoms with Crippen molar-refractivity contribution in [3.63, 3.8) is 0 Å². The number of hydrogen-bond acceptors (Lipinski definition) is 4. The number of benzene rings is 1. The van der Waals surface area contributed by atoms with E-state index in [1.54, 1.807) is 6.33 Å². The monoisotopic (exact) mass is 539 g/mol. The van der Waals surface area contributed by atoms with Gasteiger partial charge in [0.2, 0.25) is 0 Å². The summed E-state index contributed by atoms with van der Waals surface area (Å²) in [5.74, 6) is 0.929. The second-order valence-corrected chi connectivity index (χ2v) is 10.8. The van der Waals surface area contributed by atoms with Crippen LogP contribution in [0.3, 0.4) is 0 Å². The highest BCUT2D eigenvalue weighted by Crippen LogP contribution is 2.33. The Morgan fingerprint density at radius 3 is 2.69 bits per heavy atom. The number of urea groups is 1. The Kier molecular flexibility index (Phi) is 6.92. The maximum Gasteiger partial charge on any atom is 0.405 e. The average molecular weight is 540 g/mol. The minimum Gasteiger partial charge on any atom is -0.332 e. The number of halogens is 3. The van der Waals surface area contributed by atoms with Crippen LogP contribution in [0.25, 0.3) is 27.9 Å². The zero-order chi connectivity index (χ0) is 27.0. The van der Waals surface area contributed by atoms with E-state index in [0.29, 0.717) is 12.5 Å². The molecule has 1 saturated carbocycles.